The van der Waals surface area contributed by atoms with Crippen LogP contribution in [-0.4, -0.2) is 41.9 Å². The lowest BCUT2D eigenvalue weighted by Crippen LogP contribution is -2.39. The molecular formula is C24H28N4O3S2. The van der Waals surface area contributed by atoms with Crippen LogP contribution in [0.3, 0.4) is 0 Å². The van der Waals surface area contributed by atoms with E-state index in [1.54, 1.807) is 24.3 Å². The number of hydrogen-bond donors (Lipinski definition) is 1. The molecule has 1 saturated heterocycles. The van der Waals surface area contributed by atoms with Crippen molar-refractivity contribution >= 4 is 33.0 Å². The number of piperidine rings is 1. The molecule has 0 radical (unpaired) electrons. The first-order valence-corrected chi connectivity index (χ1v) is 13.4. The first kappa shape index (κ1) is 23.5. The summed E-state index contributed by atoms with van der Waals surface area (Å²) in [7, 11) is -3.59. The van der Waals surface area contributed by atoms with E-state index in [0.29, 0.717) is 34.6 Å². The maximum atomic E-state index is 13.2. The van der Waals surface area contributed by atoms with Crippen LogP contribution in [0.1, 0.15) is 53.0 Å². The van der Waals surface area contributed by atoms with Crippen LogP contribution in [0.25, 0.3) is 0 Å². The first-order chi connectivity index (χ1) is 15.8. The zero-order valence-corrected chi connectivity index (χ0v) is 20.4. The van der Waals surface area contributed by atoms with Crippen LogP contribution in [0, 0.1) is 5.92 Å². The monoisotopic (exact) mass is 484 g/mol. The van der Waals surface area contributed by atoms with Gasteiger partial charge < -0.3 is 5.32 Å². The van der Waals surface area contributed by atoms with Crippen molar-refractivity contribution in [2.75, 3.05) is 18.4 Å². The fourth-order valence-corrected chi connectivity index (χ4v) is 6.37. The molecule has 0 unspecified atom stereocenters. The van der Waals surface area contributed by atoms with E-state index in [1.807, 2.05) is 30.3 Å². The van der Waals surface area contributed by atoms with E-state index in [4.69, 9.17) is 0 Å². The van der Waals surface area contributed by atoms with Gasteiger partial charge in [0.2, 0.25) is 15.0 Å². The molecule has 1 aromatic heterocycles. The number of hydrogen-bond acceptors (Lipinski definition) is 6. The molecule has 0 bridgehead atoms. The summed E-state index contributed by atoms with van der Waals surface area (Å²) < 4.78 is 28.0. The lowest BCUT2D eigenvalue weighted by atomic mass is 10.0. The maximum absolute atomic E-state index is 13.2. The minimum atomic E-state index is -3.59. The topological polar surface area (TPSA) is 92.3 Å². The minimum Gasteiger partial charge on any atom is -0.320 e. The maximum Gasteiger partial charge on any atom is 0.286 e. The van der Waals surface area contributed by atoms with Gasteiger partial charge in [-0.1, -0.05) is 55.5 Å². The third-order valence-corrected chi connectivity index (χ3v) is 8.57. The van der Waals surface area contributed by atoms with Crippen molar-refractivity contribution in [2.24, 2.45) is 5.92 Å². The summed E-state index contributed by atoms with van der Waals surface area (Å²) in [5, 5.41) is 12.0. The van der Waals surface area contributed by atoms with Gasteiger partial charge in [0.1, 0.15) is 5.01 Å². The highest BCUT2D eigenvalue weighted by atomic mass is 32.2. The Morgan fingerprint density at radius 2 is 1.85 bits per heavy atom. The van der Waals surface area contributed by atoms with E-state index < -0.39 is 10.0 Å². The highest BCUT2D eigenvalue weighted by molar-refractivity contribution is 7.89. The second-order valence-electron chi connectivity index (χ2n) is 8.71. The molecular weight excluding hydrogens is 456 g/mol. The fraction of sp³-hybridized carbons (Fsp3) is 0.375. The van der Waals surface area contributed by atoms with Crippen LogP contribution in [0.2, 0.25) is 0 Å². The number of rotatable bonds is 7. The summed E-state index contributed by atoms with van der Waals surface area (Å²) >= 11 is 1.23. The number of amides is 1. The van der Waals surface area contributed by atoms with Gasteiger partial charge in [-0.25, -0.2) is 8.42 Å². The third kappa shape index (κ3) is 5.66. The zero-order chi connectivity index (χ0) is 23.4. The van der Waals surface area contributed by atoms with E-state index in [-0.39, 0.29) is 16.8 Å². The van der Waals surface area contributed by atoms with E-state index in [2.05, 4.69) is 29.4 Å². The molecule has 1 N–H and O–H groups in total. The Kier molecular flexibility index (Phi) is 7.21. The molecule has 174 valence electrons. The molecule has 0 spiro atoms. The fourth-order valence-electron chi connectivity index (χ4n) is 3.98. The summed E-state index contributed by atoms with van der Waals surface area (Å²) in [6.45, 7) is 5.10. The van der Waals surface area contributed by atoms with Gasteiger partial charge in [-0.05, 0) is 55.0 Å². The average Bonchev–Trinajstić information content (AvgIpc) is 3.30. The van der Waals surface area contributed by atoms with Gasteiger partial charge in [-0.3, -0.25) is 4.79 Å². The van der Waals surface area contributed by atoms with Crippen LogP contribution < -0.4 is 5.32 Å². The van der Waals surface area contributed by atoms with Crippen LogP contribution in [-0.2, 0) is 16.4 Å². The first-order valence-electron chi connectivity index (χ1n) is 11.1. The summed E-state index contributed by atoms with van der Waals surface area (Å²) in [5.74, 6) is 0.123. The lowest BCUT2D eigenvalue weighted by Gasteiger charge is -2.30. The third-order valence-electron chi connectivity index (χ3n) is 5.60. The van der Waals surface area contributed by atoms with Crippen LogP contribution >= 0.6 is 11.3 Å². The average molecular weight is 485 g/mol. The van der Waals surface area contributed by atoms with Crippen molar-refractivity contribution in [2.45, 2.75) is 43.9 Å². The Bertz CT molecular complexity index is 1190. The standard InChI is InChI=1S/C24H28N4O3S2/c1-17(2)15-18-10-12-21(13-11-18)33(30,31)28-14-6-7-19(16-28)23-26-27-24(32-23)22(29)25-20-8-4-3-5-9-20/h3-5,8-13,17,19H,6-7,14-16H2,1-2H3,(H,25,29)/t19-/m0/s1. The molecule has 2 aromatic carbocycles. The molecule has 1 amide bonds. The Morgan fingerprint density at radius 1 is 1.12 bits per heavy atom. The Balaban J connectivity index is 1.44. The molecule has 1 aliphatic heterocycles. The molecule has 4 rings (SSSR count). The number of benzene rings is 2. The zero-order valence-electron chi connectivity index (χ0n) is 18.8. The Labute approximate surface area is 198 Å². The minimum absolute atomic E-state index is 0.0792. The van der Waals surface area contributed by atoms with Crippen LogP contribution in [0.4, 0.5) is 5.69 Å². The molecule has 2 heterocycles. The van der Waals surface area contributed by atoms with E-state index >= 15 is 0 Å². The SMILES string of the molecule is CC(C)Cc1ccc(S(=O)(=O)N2CCC[C@H](c3nnc(C(=O)Nc4ccccc4)s3)C2)cc1. The van der Waals surface area contributed by atoms with Gasteiger partial charge in [0.15, 0.2) is 0 Å². The van der Waals surface area contributed by atoms with Crippen molar-refractivity contribution in [1.29, 1.82) is 0 Å². The van der Waals surface area contributed by atoms with Gasteiger partial charge >= 0.3 is 0 Å². The van der Waals surface area contributed by atoms with Gasteiger partial charge in [-0.2, -0.15) is 4.31 Å². The van der Waals surface area contributed by atoms with Crippen molar-refractivity contribution in [3.05, 3.63) is 70.2 Å². The molecule has 1 aliphatic rings. The predicted octanol–water partition coefficient (Wildman–Crippen LogP) is 4.56. The number of nitrogens with zero attached hydrogens (tertiary/aromatic N) is 3. The predicted molar refractivity (Wildman–Crippen MR) is 130 cm³/mol. The number of nitrogens with one attached hydrogen (secondary N) is 1. The quantitative estimate of drug-likeness (QED) is 0.531. The number of anilines is 1. The van der Waals surface area contributed by atoms with E-state index in [9.17, 15) is 13.2 Å². The number of aromatic nitrogens is 2. The van der Waals surface area contributed by atoms with Crippen LogP contribution in [0.5, 0.6) is 0 Å². The highest BCUT2D eigenvalue weighted by Crippen LogP contribution is 2.32. The molecule has 7 nitrogen and oxygen atoms in total. The number of carbonyl (C=O) groups is 1. The van der Waals surface area contributed by atoms with Gasteiger partial charge in [-0.15, -0.1) is 10.2 Å². The van der Waals surface area contributed by atoms with Crippen LogP contribution in [0.15, 0.2) is 59.5 Å². The lowest BCUT2D eigenvalue weighted by molar-refractivity contribution is 0.102. The number of sulfonamides is 1. The van der Waals surface area contributed by atoms with Crippen molar-refractivity contribution in [3.63, 3.8) is 0 Å². The van der Waals surface area contributed by atoms with Gasteiger partial charge in [0.25, 0.3) is 5.91 Å². The molecule has 33 heavy (non-hydrogen) atoms. The van der Waals surface area contributed by atoms with Gasteiger partial charge in [0.05, 0.1) is 4.90 Å². The van der Waals surface area contributed by atoms with E-state index in [1.165, 1.54) is 15.6 Å². The normalized spacial score (nSPS) is 17.2. The highest BCUT2D eigenvalue weighted by Gasteiger charge is 2.32. The summed E-state index contributed by atoms with van der Waals surface area (Å²) in [6.07, 6.45) is 2.47. The molecule has 0 saturated carbocycles. The molecule has 1 fully saturated rings. The summed E-state index contributed by atoms with van der Waals surface area (Å²) in [6, 6.07) is 16.4. The molecule has 3 aromatic rings. The Morgan fingerprint density at radius 3 is 2.55 bits per heavy atom. The van der Waals surface area contributed by atoms with Gasteiger partial charge in [0, 0.05) is 24.7 Å². The van der Waals surface area contributed by atoms with Crippen molar-refractivity contribution in [3.8, 4) is 0 Å². The number of para-hydroxylation sites is 1. The Hall–Kier alpha value is -2.62. The summed E-state index contributed by atoms with van der Waals surface area (Å²) in [4.78, 5) is 12.8. The molecule has 1 atom stereocenters. The number of carbonyl (C=O) groups excluding carboxylic acids is 1. The van der Waals surface area contributed by atoms with Crippen molar-refractivity contribution < 1.29 is 13.2 Å². The second-order valence-corrected chi connectivity index (χ2v) is 11.7. The smallest absolute Gasteiger partial charge is 0.286 e. The van der Waals surface area contributed by atoms with E-state index in [0.717, 1.165) is 24.8 Å². The van der Waals surface area contributed by atoms with Crippen molar-refractivity contribution in [1.82, 2.24) is 14.5 Å². The summed E-state index contributed by atoms with van der Waals surface area (Å²) in [5.41, 5.74) is 1.82. The second kappa shape index (κ2) is 10.1. The molecule has 0 aliphatic carbocycles. The largest absolute Gasteiger partial charge is 0.320 e. The molecule has 9 heteroatoms.